The lowest BCUT2D eigenvalue weighted by Gasteiger charge is -2.27. The van der Waals surface area contributed by atoms with Crippen molar-refractivity contribution in [1.29, 1.82) is 0 Å². The molecule has 0 saturated heterocycles. The first kappa shape index (κ1) is 11.4. The molecule has 0 unspecified atom stereocenters. The van der Waals surface area contributed by atoms with Gasteiger partial charge >= 0.3 is 0 Å². The van der Waals surface area contributed by atoms with E-state index in [0.29, 0.717) is 23.4 Å². The van der Waals surface area contributed by atoms with Gasteiger partial charge in [-0.3, -0.25) is 0 Å². The zero-order chi connectivity index (χ0) is 10.6. The summed E-state index contributed by atoms with van der Waals surface area (Å²) in [5.41, 5.74) is 0. The number of Topliss-reactive ketones (excluding diaryl/α,β-unsaturated/α-hetero) is 2. The summed E-state index contributed by atoms with van der Waals surface area (Å²) in [4.78, 5) is 21.8. The lowest BCUT2D eigenvalue weighted by Crippen LogP contribution is -2.18. The molecule has 0 aromatic carbocycles. The number of carbonyl (C=O) groups excluding carboxylic acids is 2. The molecular formula is C12H20O2. The Bertz CT molecular complexity index is 188. The van der Waals surface area contributed by atoms with E-state index in [1.54, 1.807) is 13.8 Å². The minimum absolute atomic E-state index is 0.306. The SMILES string of the molecule is CC(=O)CC1CCC(CC(C)=O)CC1. The average molecular weight is 196 g/mol. The smallest absolute Gasteiger partial charge is 0.130 e. The lowest BCUT2D eigenvalue weighted by atomic mass is 9.78. The summed E-state index contributed by atoms with van der Waals surface area (Å²) in [6.45, 7) is 3.34. The van der Waals surface area contributed by atoms with Gasteiger partial charge in [0.15, 0.2) is 0 Å². The molecule has 80 valence electrons. The summed E-state index contributed by atoms with van der Waals surface area (Å²) in [5, 5.41) is 0. The fourth-order valence-corrected chi connectivity index (χ4v) is 2.45. The lowest BCUT2D eigenvalue weighted by molar-refractivity contribution is -0.119. The molecule has 1 saturated carbocycles. The van der Waals surface area contributed by atoms with Crippen LogP contribution in [0.2, 0.25) is 0 Å². The quantitative estimate of drug-likeness (QED) is 0.692. The molecule has 0 radical (unpaired) electrons. The third-order valence-corrected chi connectivity index (χ3v) is 3.12. The van der Waals surface area contributed by atoms with Crippen molar-refractivity contribution in [2.75, 3.05) is 0 Å². The van der Waals surface area contributed by atoms with Crippen molar-refractivity contribution in [2.45, 2.75) is 52.4 Å². The summed E-state index contributed by atoms with van der Waals surface area (Å²) in [5.74, 6) is 1.80. The Labute approximate surface area is 86.1 Å². The van der Waals surface area contributed by atoms with Crippen LogP contribution in [0.15, 0.2) is 0 Å². The molecular weight excluding hydrogens is 176 g/mol. The highest BCUT2D eigenvalue weighted by atomic mass is 16.1. The second kappa shape index (κ2) is 5.28. The van der Waals surface area contributed by atoms with E-state index in [2.05, 4.69) is 0 Å². The molecule has 0 atom stereocenters. The molecule has 0 aromatic rings. The summed E-state index contributed by atoms with van der Waals surface area (Å²) in [7, 11) is 0. The monoisotopic (exact) mass is 196 g/mol. The summed E-state index contributed by atoms with van der Waals surface area (Å²) >= 11 is 0. The van der Waals surface area contributed by atoms with E-state index < -0.39 is 0 Å². The Balaban J connectivity index is 2.24. The molecule has 0 heterocycles. The molecule has 1 fully saturated rings. The number of rotatable bonds is 4. The van der Waals surface area contributed by atoms with E-state index in [-0.39, 0.29) is 0 Å². The molecule has 2 heteroatoms. The molecule has 14 heavy (non-hydrogen) atoms. The van der Waals surface area contributed by atoms with Gasteiger partial charge in [-0.2, -0.15) is 0 Å². The third-order valence-electron chi connectivity index (χ3n) is 3.12. The van der Waals surface area contributed by atoms with Crippen LogP contribution in [0.25, 0.3) is 0 Å². The minimum atomic E-state index is 0.306. The Hall–Kier alpha value is -0.660. The van der Waals surface area contributed by atoms with Crippen molar-refractivity contribution in [3.05, 3.63) is 0 Å². The second-order valence-corrected chi connectivity index (χ2v) is 4.70. The van der Waals surface area contributed by atoms with Gasteiger partial charge in [0.25, 0.3) is 0 Å². The number of ketones is 2. The average Bonchev–Trinajstić information content (AvgIpc) is 2.06. The molecule has 0 spiro atoms. The number of hydrogen-bond donors (Lipinski definition) is 0. The van der Waals surface area contributed by atoms with E-state index in [0.717, 1.165) is 38.5 Å². The first-order chi connectivity index (χ1) is 6.58. The van der Waals surface area contributed by atoms with Crippen LogP contribution in [0.4, 0.5) is 0 Å². The Morgan fingerprint density at radius 2 is 1.14 bits per heavy atom. The van der Waals surface area contributed by atoms with Gasteiger partial charge in [0.05, 0.1) is 0 Å². The van der Waals surface area contributed by atoms with E-state index in [9.17, 15) is 9.59 Å². The molecule has 0 bridgehead atoms. The maximum Gasteiger partial charge on any atom is 0.130 e. The van der Waals surface area contributed by atoms with Gasteiger partial charge < -0.3 is 9.59 Å². The van der Waals surface area contributed by atoms with E-state index in [1.807, 2.05) is 0 Å². The van der Waals surface area contributed by atoms with Crippen molar-refractivity contribution in [3.63, 3.8) is 0 Å². The fourth-order valence-electron chi connectivity index (χ4n) is 2.45. The predicted octanol–water partition coefficient (Wildman–Crippen LogP) is 2.75. The van der Waals surface area contributed by atoms with E-state index in [4.69, 9.17) is 0 Å². The topological polar surface area (TPSA) is 34.1 Å². The summed E-state index contributed by atoms with van der Waals surface area (Å²) in [6, 6.07) is 0. The van der Waals surface area contributed by atoms with Gasteiger partial charge in [-0.05, 0) is 51.4 Å². The van der Waals surface area contributed by atoms with Gasteiger partial charge in [0.1, 0.15) is 11.6 Å². The maximum absolute atomic E-state index is 10.9. The predicted molar refractivity (Wildman–Crippen MR) is 56.0 cm³/mol. The molecule has 1 aliphatic rings. The van der Waals surface area contributed by atoms with Gasteiger partial charge in [0, 0.05) is 12.8 Å². The van der Waals surface area contributed by atoms with Crippen LogP contribution in [0.1, 0.15) is 52.4 Å². The highest BCUT2D eigenvalue weighted by Crippen LogP contribution is 2.32. The van der Waals surface area contributed by atoms with Crippen molar-refractivity contribution < 1.29 is 9.59 Å². The Kier molecular flexibility index (Phi) is 4.30. The highest BCUT2D eigenvalue weighted by molar-refractivity contribution is 5.76. The molecule has 0 N–H and O–H groups in total. The highest BCUT2D eigenvalue weighted by Gasteiger charge is 2.22. The van der Waals surface area contributed by atoms with Crippen LogP contribution in [-0.4, -0.2) is 11.6 Å². The van der Waals surface area contributed by atoms with Crippen molar-refractivity contribution in [3.8, 4) is 0 Å². The third kappa shape index (κ3) is 4.03. The van der Waals surface area contributed by atoms with Gasteiger partial charge in [0.2, 0.25) is 0 Å². The van der Waals surface area contributed by atoms with Crippen molar-refractivity contribution in [2.24, 2.45) is 11.8 Å². The normalized spacial score (nSPS) is 27.3. The van der Waals surface area contributed by atoms with Crippen LogP contribution in [-0.2, 0) is 9.59 Å². The van der Waals surface area contributed by atoms with Crippen molar-refractivity contribution >= 4 is 11.6 Å². The number of carbonyl (C=O) groups is 2. The van der Waals surface area contributed by atoms with E-state index in [1.165, 1.54) is 0 Å². The summed E-state index contributed by atoms with van der Waals surface area (Å²) in [6.07, 6.45) is 6.03. The fraction of sp³-hybridized carbons (Fsp3) is 0.833. The Morgan fingerprint density at radius 3 is 1.36 bits per heavy atom. The van der Waals surface area contributed by atoms with Gasteiger partial charge in [-0.25, -0.2) is 0 Å². The first-order valence-electron chi connectivity index (χ1n) is 5.56. The minimum Gasteiger partial charge on any atom is -0.300 e. The largest absolute Gasteiger partial charge is 0.300 e. The molecule has 2 nitrogen and oxygen atoms in total. The molecule has 1 aliphatic carbocycles. The molecule has 0 aliphatic heterocycles. The maximum atomic E-state index is 10.9. The second-order valence-electron chi connectivity index (χ2n) is 4.70. The van der Waals surface area contributed by atoms with Crippen molar-refractivity contribution in [1.82, 2.24) is 0 Å². The van der Waals surface area contributed by atoms with Gasteiger partial charge in [-0.15, -0.1) is 0 Å². The molecule has 0 aromatic heterocycles. The molecule has 1 rings (SSSR count). The van der Waals surface area contributed by atoms with Crippen LogP contribution >= 0.6 is 0 Å². The van der Waals surface area contributed by atoms with Crippen LogP contribution in [0.5, 0.6) is 0 Å². The van der Waals surface area contributed by atoms with Crippen LogP contribution in [0.3, 0.4) is 0 Å². The zero-order valence-electron chi connectivity index (χ0n) is 9.21. The van der Waals surface area contributed by atoms with Gasteiger partial charge in [-0.1, -0.05) is 0 Å². The Morgan fingerprint density at radius 1 is 0.857 bits per heavy atom. The standard InChI is InChI=1S/C12H20O2/c1-9(13)7-11-3-5-12(6-4-11)8-10(2)14/h11-12H,3-8H2,1-2H3. The summed E-state index contributed by atoms with van der Waals surface area (Å²) < 4.78 is 0. The molecule has 0 amide bonds. The first-order valence-corrected chi connectivity index (χ1v) is 5.56. The number of hydrogen-bond acceptors (Lipinski definition) is 2. The van der Waals surface area contributed by atoms with Crippen LogP contribution in [0, 0.1) is 11.8 Å². The van der Waals surface area contributed by atoms with E-state index >= 15 is 0 Å². The van der Waals surface area contributed by atoms with Crippen LogP contribution < -0.4 is 0 Å². The zero-order valence-corrected chi connectivity index (χ0v) is 9.21.